The second-order valence-corrected chi connectivity index (χ2v) is 8.51. The predicted molar refractivity (Wildman–Crippen MR) is 102 cm³/mol. The highest BCUT2D eigenvalue weighted by Gasteiger charge is 2.34. The van der Waals surface area contributed by atoms with Gasteiger partial charge in [-0.15, -0.1) is 0 Å². The zero-order chi connectivity index (χ0) is 19.2. The number of nitrogens with zero attached hydrogens (tertiary/aromatic N) is 2. The summed E-state index contributed by atoms with van der Waals surface area (Å²) in [6, 6.07) is 11.8. The third-order valence-corrected chi connectivity index (χ3v) is 6.76. The van der Waals surface area contributed by atoms with Crippen molar-refractivity contribution in [3.63, 3.8) is 0 Å². The third-order valence-electron chi connectivity index (χ3n) is 4.86. The second-order valence-electron chi connectivity index (χ2n) is 6.68. The lowest BCUT2D eigenvalue weighted by molar-refractivity contribution is -0.117. The molecule has 0 radical (unpaired) electrons. The third kappa shape index (κ3) is 2.95. The van der Waals surface area contributed by atoms with E-state index in [2.05, 4.69) is 5.32 Å². The molecule has 2 aromatic carbocycles. The van der Waals surface area contributed by atoms with Gasteiger partial charge in [0.05, 0.1) is 16.3 Å². The van der Waals surface area contributed by atoms with Crippen molar-refractivity contribution in [1.29, 1.82) is 0 Å². The number of hydrogen-bond acceptors (Lipinski definition) is 4. The molecule has 1 saturated heterocycles. The van der Waals surface area contributed by atoms with E-state index in [1.807, 2.05) is 0 Å². The first-order valence-corrected chi connectivity index (χ1v) is 10.1. The van der Waals surface area contributed by atoms with Crippen LogP contribution in [0, 0.1) is 6.92 Å². The van der Waals surface area contributed by atoms with Gasteiger partial charge in [0.2, 0.25) is 11.8 Å². The van der Waals surface area contributed by atoms with E-state index in [0.717, 1.165) is 10.7 Å². The molecule has 0 atom stereocenters. The number of benzene rings is 2. The number of rotatable bonds is 3. The van der Waals surface area contributed by atoms with Gasteiger partial charge in [-0.3, -0.25) is 13.9 Å². The van der Waals surface area contributed by atoms with Gasteiger partial charge in [0.15, 0.2) is 0 Å². The van der Waals surface area contributed by atoms with Gasteiger partial charge >= 0.3 is 0 Å². The number of sulfonamides is 1. The Kier molecular flexibility index (Phi) is 4.15. The lowest BCUT2D eigenvalue weighted by Gasteiger charge is -2.30. The van der Waals surface area contributed by atoms with Crippen LogP contribution in [0.2, 0.25) is 0 Å². The molecule has 1 fully saturated rings. The summed E-state index contributed by atoms with van der Waals surface area (Å²) in [6.07, 6.45) is 1.23. The van der Waals surface area contributed by atoms with E-state index in [9.17, 15) is 18.0 Å². The lowest BCUT2D eigenvalue weighted by atomic mass is 10.2. The van der Waals surface area contributed by atoms with Gasteiger partial charge < -0.3 is 10.2 Å². The Hall–Kier alpha value is -2.87. The minimum Gasteiger partial charge on any atom is -0.323 e. The highest BCUT2D eigenvalue weighted by atomic mass is 32.2. The van der Waals surface area contributed by atoms with E-state index in [1.165, 1.54) is 6.07 Å². The molecular formula is C19H19N3O4S. The summed E-state index contributed by atoms with van der Waals surface area (Å²) in [5.41, 5.74) is 2.02. The predicted octanol–water partition coefficient (Wildman–Crippen LogP) is 2.27. The quantitative estimate of drug-likeness (QED) is 0.878. The Bertz CT molecular complexity index is 1050. The molecule has 2 amide bonds. The van der Waals surface area contributed by atoms with E-state index in [1.54, 1.807) is 48.2 Å². The first-order chi connectivity index (χ1) is 12.9. The smallest absolute Gasteiger partial charge is 0.265 e. The van der Waals surface area contributed by atoms with E-state index in [4.69, 9.17) is 0 Å². The molecule has 0 spiro atoms. The zero-order valence-electron chi connectivity index (χ0n) is 14.8. The molecule has 0 saturated carbocycles. The van der Waals surface area contributed by atoms with Crippen molar-refractivity contribution in [1.82, 2.24) is 0 Å². The lowest BCUT2D eigenvalue weighted by Crippen LogP contribution is -2.42. The van der Waals surface area contributed by atoms with Gasteiger partial charge in [-0.2, -0.15) is 0 Å². The van der Waals surface area contributed by atoms with Crippen LogP contribution in [0.15, 0.2) is 47.4 Å². The van der Waals surface area contributed by atoms with Gasteiger partial charge in [-0.05, 0) is 43.2 Å². The molecule has 27 heavy (non-hydrogen) atoms. The summed E-state index contributed by atoms with van der Waals surface area (Å²) < 4.78 is 27.9. The fraction of sp³-hybridized carbons (Fsp3) is 0.263. The summed E-state index contributed by atoms with van der Waals surface area (Å²) in [7, 11) is -3.97. The molecule has 1 N–H and O–H groups in total. The van der Waals surface area contributed by atoms with Crippen molar-refractivity contribution in [3.8, 4) is 0 Å². The first kappa shape index (κ1) is 17.5. The molecular weight excluding hydrogens is 366 g/mol. The molecule has 140 valence electrons. The molecule has 0 unspecified atom stereocenters. The van der Waals surface area contributed by atoms with Crippen molar-refractivity contribution in [3.05, 3.63) is 48.0 Å². The van der Waals surface area contributed by atoms with Crippen LogP contribution in [0.5, 0.6) is 0 Å². The number of carbonyl (C=O) groups excluding carboxylic acids is 2. The van der Waals surface area contributed by atoms with Crippen LogP contribution < -0.4 is 14.5 Å². The van der Waals surface area contributed by atoms with Crippen molar-refractivity contribution >= 4 is 38.9 Å². The second kappa shape index (κ2) is 6.38. The summed E-state index contributed by atoms with van der Waals surface area (Å²) in [4.78, 5) is 25.8. The van der Waals surface area contributed by atoms with Gasteiger partial charge in [-0.25, -0.2) is 8.42 Å². The van der Waals surface area contributed by atoms with E-state index >= 15 is 0 Å². The van der Waals surface area contributed by atoms with Crippen LogP contribution in [0.25, 0.3) is 0 Å². The standard InChI is InChI=1S/C19H19N3O4S/c1-13-8-9-14(21-10-4-7-19(21)24)11-17(13)27(25,26)22-12-18(23)20-15-5-2-3-6-16(15)22/h2-3,5-6,8-9,11H,4,7,10,12H2,1H3,(H,20,23). The first-order valence-electron chi connectivity index (χ1n) is 8.70. The van der Waals surface area contributed by atoms with E-state index < -0.39 is 10.0 Å². The fourth-order valence-corrected chi connectivity index (χ4v) is 5.18. The Morgan fingerprint density at radius 3 is 2.59 bits per heavy atom. The molecule has 2 aliphatic rings. The van der Waals surface area contributed by atoms with Crippen molar-refractivity contribution in [2.75, 3.05) is 27.6 Å². The molecule has 2 heterocycles. The summed E-state index contributed by atoms with van der Waals surface area (Å²) in [6.45, 7) is 2.00. The molecule has 0 aliphatic carbocycles. The van der Waals surface area contributed by atoms with Crippen molar-refractivity contribution < 1.29 is 18.0 Å². The summed E-state index contributed by atoms with van der Waals surface area (Å²) >= 11 is 0. The zero-order valence-corrected chi connectivity index (χ0v) is 15.6. The molecule has 4 rings (SSSR count). The number of hydrogen-bond donors (Lipinski definition) is 1. The minimum absolute atomic E-state index is 0.00935. The van der Waals surface area contributed by atoms with Crippen LogP contribution in [0.3, 0.4) is 0 Å². The number of nitrogens with one attached hydrogen (secondary N) is 1. The SMILES string of the molecule is Cc1ccc(N2CCCC2=O)cc1S(=O)(=O)N1CC(=O)Nc2ccccc21. The molecule has 8 heteroatoms. The van der Waals surface area contributed by atoms with Gasteiger partial charge in [0.1, 0.15) is 6.54 Å². The maximum Gasteiger partial charge on any atom is 0.265 e. The Morgan fingerprint density at radius 2 is 1.85 bits per heavy atom. The number of para-hydroxylation sites is 2. The number of carbonyl (C=O) groups is 2. The van der Waals surface area contributed by atoms with Crippen molar-refractivity contribution in [2.24, 2.45) is 0 Å². The van der Waals surface area contributed by atoms with Crippen LogP contribution in [0.1, 0.15) is 18.4 Å². The molecule has 2 aliphatic heterocycles. The number of aryl methyl sites for hydroxylation is 1. The summed E-state index contributed by atoms with van der Waals surface area (Å²) in [5.74, 6) is -0.397. The maximum atomic E-state index is 13.4. The molecule has 7 nitrogen and oxygen atoms in total. The Balaban J connectivity index is 1.81. The topological polar surface area (TPSA) is 86.8 Å². The normalized spacial score (nSPS) is 17.1. The Morgan fingerprint density at radius 1 is 1.07 bits per heavy atom. The number of amides is 2. The Labute approximate surface area is 157 Å². The van der Waals surface area contributed by atoms with Crippen molar-refractivity contribution in [2.45, 2.75) is 24.7 Å². The van der Waals surface area contributed by atoms with Gasteiger partial charge in [0, 0.05) is 18.7 Å². The van der Waals surface area contributed by atoms with Crippen LogP contribution in [-0.2, 0) is 19.6 Å². The van der Waals surface area contributed by atoms with Gasteiger partial charge in [0.25, 0.3) is 10.0 Å². The van der Waals surface area contributed by atoms with E-state index in [-0.39, 0.29) is 23.3 Å². The monoisotopic (exact) mass is 385 g/mol. The largest absolute Gasteiger partial charge is 0.323 e. The average Bonchev–Trinajstić information content (AvgIpc) is 3.07. The molecule has 2 aromatic rings. The van der Waals surface area contributed by atoms with Crippen LogP contribution in [0.4, 0.5) is 17.1 Å². The minimum atomic E-state index is -3.97. The van der Waals surface area contributed by atoms with E-state index in [0.29, 0.717) is 35.6 Å². The maximum absolute atomic E-state index is 13.4. The summed E-state index contributed by atoms with van der Waals surface area (Å²) in [5, 5.41) is 2.69. The highest BCUT2D eigenvalue weighted by molar-refractivity contribution is 7.93. The fourth-order valence-electron chi connectivity index (χ4n) is 3.49. The number of anilines is 3. The van der Waals surface area contributed by atoms with Gasteiger partial charge in [-0.1, -0.05) is 18.2 Å². The average molecular weight is 385 g/mol. The highest BCUT2D eigenvalue weighted by Crippen LogP contribution is 2.35. The van der Waals surface area contributed by atoms with Crippen LogP contribution >= 0.6 is 0 Å². The molecule has 0 aromatic heterocycles. The number of fused-ring (bicyclic) bond motifs is 1. The van der Waals surface area contributed by atoms with Crippen LogP contribution in [-0.4, -0.2) is 33.3 Å². The molecule has 0 bridgehead atoms.